The summed E-state index contributed by atoms with van der Waals surface area (Å²) in [5, 5.41) is 18.2. The van der Waals surface area contributed by atoms with Crippen LogP contribution in [0.25, 0.3) is 0 Å². The van der Waals surface area contributed by atoms with E-state index in [2.05, 4.69) is 0 Å². The number of carbonyl (C=O) groups excluding carboxylic acids is 1. The number of nitrogens with zero attached hydrogens (tertiary/aromatic N) is 2. The van der Waals surface area contributed by atoms with Crippen LogP contribution in [0, 0.1) is 5.92 Å². The van der Waals surface area contributed by atoms with Gasteiger partial charge in [-0.05, 0) is 26.2 Å². The minimum absolute atomic E-state index is 0.0527. The van der Waals surface area contributed by atoms with E-state index in [0.29, 0.717) is 6.42 Å². The van der Waals surface area contributed by atoms with E-state index < -0.39 is 11.9 Å². The maximum atomic E-state index is 12.3. The zero-order valence-electron chi connectivity index (χ0n) is 10.7. The highest BCUT2D eigenvalue weighted by molar-refractivity contribution is 5.79. The van der Waals surface area contributed by atoms with Crippen LogP contribution in [0.2, 0.25) is 0 Å². The van der Waals surface area contributed by atoms with E-state index in [9.17, 15) is 9.59 Å². The van der Waals surface area contributed by atoms with Crippen LogP contribution in [-0.2, 0) is 4.79 Å². The van der Waals surface area contributed by atoms with Crippen molar-refractivity contribution in [3.8, 4) is 0 Å². The third-order valence-corrected chi connectivity index (χ3v) is 4.30. The number of hydrogen-bond donors (Lipinski definition) is 2. The highest BCUT2D eigenvalue weighted by Crippen LogP contribution is 2.42. The topological polar surface area (TPSA) is 81.1 Å². The smallest absolute Gasteiger partial charge is 0.320 e. The van der Waals surface area contributed by atoms with Gasteiger partial charge in [0.05, 0.1) is 18.6 Å². The first-order valence-corrected chi connectivity index (χ1v) is 6.36. The van der Waals surface area contributed by atoms with Crippen molar-refractivity contribution < 1.29 is 19.8 Å². The Balaban J connectivity index is 2.11. The largest absolute Gasteiger partial charge is 0.481 e. The molecular formula is C12H20N2O4. The van der Waals surface area contributed by atoms with Crippen molar-refractivity contribution in [1.82, 2.24) is 9.80 Å². The van der Waals surface area contributed by atoms with E-state index >= 15 is 0 Å². The van der Waals surface area contributed by atoms with E-state index in [1.807, 2.05) is 0 Å². The SMILES string of the molecule is CC(CO)N(C)C(=O)N1C2CCC1C(C(=O)O)C2. The molecule has 2 saturated heterocycles. The van der Waals surface area contributed by atoms with Crippen LogP contribution in [0.5, 0.6) is 0 Å². The predicted molar refractivity (Wildman–Crippen MR) is 64.1 cm³/mol. The van der Waals surface area contributed by atoms with E-state index in [1.54, 1.807) is 18.9 Å². The number of carboxylic acids is 1. The molecule has 6 heteroatoms. The van der Waals surface area contributed by atoms with Crippen molar-refractivity contribution in [3.05, 3.63) is 0 Å². The van der Waals surface area contributed by atoms with Gasteiger partial charge in [-0.25, -0.2) is 4.79 Å². The zero-order chi connectivity index (χ0) is 13.4. The molecule has 102 valence electrons. The van der Waals surface area contributed by atoms with Crippen molar-refractivity contribution in [1.29, 1.82) is 0 Å². The Hall–Kier alpha value is -1.30. The highest BCUT2D eigenvalue weighted by Gasteiger charge is 2.52. The molecule has 2 N–H and O–H groups in total. The van der Waals surface area contributed by atoms with E-state index in [0.717, 1.165) is 12.8 Å². The number of aliphatic hydroxyl groups is 1. The van der Waals surface area contributed by atoms with Gasteiger partial charge in [-0.15, -0.1) is 0 Å². The number of carboxylic acid groups (broad SMARTS) is 1. The summed E-state index contributed by atoms with van der Waals surface area (Å²) in [6.07, 6.45) is 2.23. The molecule has 2 aliphatic heterocycles. The summed E-state index contributed by atoms with van der Waals surface area (Å²) in [6, 6.07) is -0.529. The van der Waals surface area contributed by atoms with E-state index in [4.69, 9.17) is 10.2 Å². The van der Waals surface area contributed by atoms with Crippen molar-refractivity contribution in [3.63, 3.8) is 0 Å². The number of aliphatic hydroxyl groups excluding tert-OH is 1. The molecule has 0 spiro atoms. The summed E-state index contributed by atoms with van der Waals surface area (Å²) in [5.74, 6) is -1.23. The van der Waals surface area contributed by atoms with Crippen molar-refractivity contribution in [2.24, 2.45) is 5.92 Å². The van der Waals surface area contributed by atoms with Crippen molar-refractivity contribution in [2.75, 3.05) is 13.7 Å². The van der Waals surface area contributed by atoms with Crippen LogP contribution in [0.3, 0.4) is 0 Å². The molecule has 4 atom stereocenters. The summed E-state index contributed by atoms with van der Waals surface area (Å²) in [6.45, 7) is 1.68. The number of likely N-dealkylation sites (N-methyl/N-ethyl adjacent to an activating group) is 1. The normalized spacial score (nSPS) is 31.5. The standard InChI is InChI=1S/C12H20N2O4/c1-7(6-15)13(2)12(18)14-8-3-4-10(14)9(5-8)11(16)17/h7-10,15H,3-6H2,1-2H3,(H,16,17). The van der Waals surface area contributed by atoms with Gasteiger partial charge in [0.15, 0.2) is 0 Å². The number of rotatable bonds is 3. The Morgan fingerprint density at radius 3 is 2.61 bits per heavy atom. The van der Waals surface area contributed by atoms with Gasteiger partial charge in [0, 0.05) is 19.1 Å². The van der Waals surface area contributed by atoms with Gasteiger partial charge < -0.3 is 20.0 Å². The molecular weight excluding hydrogens is 236 g/mol. The molecule has 2 rings (SSSR count). The fraction of sp³-hybridized carbons (Fsp3) is 0.833. The fourth-order valence-electron chi connectivity index (χ4n) is 3.05. The Morgan fingerprint density at radius 2 is 2.11 bits per heavy atom. The first-order chi connectivity index (χ1) is 8.47. The Kier molecular flexibility index (Phi) is 3.47. The number of amides is 2. The third-order valence-electron chi connectivity index (χ3n) is 4.30. The van der Waals surface area contributed by atoms with Crippen LogP contribution < -0.4 is 0 Å². The first-order valence-electron chi connectivity index (χ1n) is 6.36. The number of hydrogen-bond acceptors (Lipinski definition) is 3. The molecule has 0 aromatic carbocycles. The van der Waals surface area contributed by atoms with Gasteiger partial charge in [-0.1, -0.05) is 0 Å². The van der Waals surface area contributed by atoms with Gasteiger partial charge >= 0.3 is 12.0 Å². The molecule has 0 saturated carbocycles. The lowest BCUT2D eigenvalue weighted by Crippen LogP contribution is -2.49. The Bertz CT molecular complexity index is 360. The summed E-state index contributed by atoms with van der Waals surface area (Å²) in [5.41, 5.74) is 0. The molecule has 2 bridgehead atoms. The molecule has 0 aromatic heterocycles. The number of urea groups is 1. The molecule has 2 heterocycles. The lowest BCUT2D eigenvalue weighted by molar-refractivity contribution is -0.142. The van der Waals surface area contributed by atoms with Gasteiger partial charge in [0.25, 0.3) is 0 Å². The second-order valence-electron chi connectivity index (χ2n) is 5.31. The quantitative estimate of drug-likeness (QED) is 0.763. The number of carbonyl (C=O) groups is 2. The maximum absolute atomic E-state index is 12.3. The van der Waals surface area contributed by atoms with Gasteiger partial charge in [-0.2, -0.15) is 0 Å². The van der Waals surface area contributed by atoms with Crippen LogP contribution in [0.15, 0.2) is 0 Å². The monoisotopic (exact) mass is 256 g/mol. The lowest BCUT2D eigenvalue weighted by Gasteiger charge is -2.31. The summed E-state index contributed by atoms with van der Waals surface area (Å²) < 4.78 is 0. The Labute approximate surface area is 106 Å². The predicted octanol–water partition coefficient (Wildman–Crippen LogP) is 0.356. The van der Waals surface area contributed by atoms with E-state index in [-0.39, 0.29) is 30.8 Å². The highest BCUT2D eigenvalue weighted by atomic mass is 16.4. The summed E-state index contributed by atoms with van der Waals surface area (Å²) in [7, 11) is 1.65. The van der Waals surface area contributed by atoms with Crippen molar-refractivity contribution in [2.45, 2.75) is 44.3 Å². The van der Waals surface area contributed by atoms with Crippen LogP contribution in [0.1, 0.15) is 26.2 Å². The van der Waals surface area contributed by atoms with Crippen molar-refractivity contribution >= 4 is 12.0 Å². The van der Waals surface area contributed by atoms with E-state index in [1.165, 1.54) is 4.90 Å². The first kappa shape index (κ1) is 13.1. The average Bonchev–Trinajstić information content (AvgIpc) is 2.93. The molecule has 0 aliphatic carbocycles. The second kappa shape index (κ2) is 4.76. The van der Waals surface area contributed by atoms with Crippen LogP contribution in [0.4, 0.5) is 4.79 Å². The van der Waals surface area contributed by atoms with Gasteiger partial charge in [0.2, 0.25) is 0 Å². The maximum Gasteiger partial charge on any atom is 0.320 e. The molecule has 4 unspecified atom stereocenters. The molecule has 2 aliphatic rings. The molecule has 2 fully saturated rings. The second-order valence-corrected chi connectivity index (χ2v) is 5.31. The minimum atomic E-state index is -0.808. The Morgan fingerprint density at radius 1 is 1.44 bits per heavy atom. The summed E-state index contributed by atoms with van der Waals surface area (Å²) in [4.78, 5) is 26.7. The molecule has 0 radical (unpaired) electrons. The van der Waals surface area contributed by atoms with Gasteiger partial charge in [0.1, 0.15) is 0 Å². The number of fused-ring (bicyclic) bond motifs is 2. The van der Waals surface area contributed by atoms with Crippen LogP contribution >= 0.6 is 0 Å². The average molecular weight is 256 g/mol. The number of aliphatic carboxylic acids is 1. The molecule has 0 aromatic rings. The molecule has 18 heavy (non-hydrogen) atoms. The summed E-state index contributed by atoms with van der Waals surface area (Å²) >= 11 is 0. The molecule has 2 amide bonds. The third kappa shape index (κ3) is 1.94. The zero-order valence-corrected chi connectivity index (χ0v) is 10.7. The lowest BCUT2D eigenvalue weighted by atomic mass is 9.89. The molecule has 6 nitrogen and oxygen atoms in total. The minimum Gasteiger partial charge on any atom is -0.481 e. The fourth-order valence-corrected chi connectivity index (χ4v) is 3.05. The van der Waals surface area contributed by atoms with Gasteiger partial charge in [-0.3, -0.25) is 4.79 Å². The van der Waals surface area contributed by atoms with Crippen LogP contribution in [-0.4, -0.2) is 63.8 Å².